The summed E-state index contributed by atoms with van der Waals surface area (Å²) in [5, 5.41) is 9.79. The Kier molecular flexibility index (Phi) is 5.85. The molecule has 1 fully saturated rings. The van der Waals surface area contributed by atoms with Gasteiger partial charge in [0.2, 0.25) is 0 Å². The quantitative estimate of drug-likeness (QED) is 0.536. The maximum atomic E-state index is 6.10. The number of benzene rings is 2. The Balaban J connectivity index is 1.37. The van der Waals surface area contributed by atoms with Gasteiger partial charge in [-0.15, -0.1) is 0 Å². The summed E-state index contributed by atoms with van der Waals surface area (Å²) in [5.74, 6) is 0. The molecular formula is C21H20Cl2N4S. The summed E-state index contributed by atoms with van der Waals surface area (Å²) < 4.78 is 0. The molecule has 0 aliphatic carbocycles. The largest absolute Gasteiger partial charge is 0.371 e. The third-order valence-corrected chi connectivity index (χ3v) is 5.63. The molecule has 28 heavy (non-hydrogen) atoms. The Morgan fingerprint density at radius 1 is 1.04 bits per heavy atom. The monoisotopic (exact) mass is 430 g/mol. The fraction of sp³-hybridized carbons (Fsp3) is 0.238. The molecule has 0 saturated carbocycles. The molecule has 1 aromatic heterocycles. The second kappa shape index (κ2) is 8.52. The van der Waals surface area contributed by atoms with Crippen molar-refractivity contribution in [3.8, 4) is 0 Å². The first-order chi connectivity index (χ1) is 13.6. The van der Waals surface area contributed by atoms with Gasteiger partial charge in [-0.1, -0.05) is 29.3 Å². The van der Waals surface area contributed by atoms with Gasteiger partial charge < -0.3 is 15.5 Å². The normalized spacial score (nSPS) is 14.9. The zero-order valence-electron chi connectivity index (χ0n) is 15.2. The number of rotatable bonds is 3. The number of aromatic nitrogens is 1. The summed E-state index contributed by atoms with van der Waals surface area (Å²) in [5.41, 5.74) is 3.03. The first kappa shape index (κ1) is 19.2. The summed E-state index contributed by atoms with van der Waals surface area (Å²) in [6.07, 6.45) is 3.87. The molecule has 4 nitrogen and oxygen atoms in total. The van der Waals surface area contributed by atoms with Gasteiger partial charge in [-0.2, -0.15) is 0 Å². The zero-order chi connectivity index (χ0) is 19.5. The zero-order valence-corrected chi connectivity index (χ0v) is 17.5. The van der Waals surface area contributed by atoms with Crippen LogP contribution in [0.3, 0.4) is 0 Å². The minimum Gasteiger partial charge on any atom is -0.371 e. The molecule has 4 rings (SSSR count). The van der Waals surface area contributed by atoms with Gasteiger partial charge in [0.05, 0.1) is 5.52 Å². The van der Waals surface area contributed by atoms with Gasteiger partial charge in [0, 0.05) is 52.1 Å². The van der Waals surface area contributed by atoms with E-state index < -0.39 is 0 Å². The Hall–Kier alpha value is -2.08. The highest BCUT2D eigenvalue weighted by molar-refractivity contribution is 7.80. The SMILES string of the molecule is S=C(Nc1cccc(Cl)c1)NC1CCN(c2ccnc3cc(Cl)ccc23)CC1. The molecular weight excluding hydrogens is 411 g/mol. The molecule has 0 atom stereocenters. The van der Waals surface area contributed by atoms with Gasteiger partial charge in [0.1, 0.15) is 0 Å². The number of nitrogens with zero attached hydrogens (tertiary/aromatic N) is 2. The van der Waals surface area contributed by atoms with E-state index in [9.17, 15) is 0 Å². The van der Waals surface area contributed by atoms with Crippen molar-refractivity contribution < 1.29 is 0 Å². The lowest BCUT2D eigenvalue weighted by Gasteiger charge is -2.35. The number of pyridine rings is 1. The molecule has 0 radical (unpaired) electrons. The molecule has 0 bridgehead atoms. The van der Waals surface area contributed by atoms with Crippen LogP contribution >= 0.6 is 35.4 Å². The van der Waals surface area contributed by atoms with Crippen molar-refractivity contribution >= 4 is 62.8 Å². The van der Waals surface area contributed by atoms with Crippen molar-refractivity contribution in [2.45, 2.75) is 18.9 Å². The lowest BCUT2D eigenvalue weighted by molar-refractivity contribution is 0.468. The van der Waals surface area contributed by atoms with Crippen molar-refractivity contribution in [1.82, 2.24) is 10.3 Å². The van der Waals surface area contributed by atoms with E-state index in [2.05, 4.69) is 26.6 Å². The number of halogens is 2. The van der Waals surface area contributed by atoms with E-state index in [0.717, 1.165) is 42.5 Å². The van der Waals surface area contributed by atoms with Crippen molar-refractivity contribution in [1.29, 1.82) is 0 Å². The third-order valence-electron chi connectivity index (χ3n) is 4.94. The number of fused-ring (bicyclic) bond motifs is 1. The molecule has 0 amide bonds. The Morgan fingerprint density at radius 2 is 1.82 bits per heavy atom. The number of thiocarbonyl (C=S) groups is 1. The summed E-state index contributed by atoms with van der Waals surface area (Å²) in [6.45, 7) is 1.92. The fourth-order valence-corrected chi connectivity index (χ4v) is 4.21. The minimum absolute atomic E-state index is 0.345. The van der Waals surface area contributed by atoms with E-state index in [4.69, 9.17) is 35.4 Å². The highest BCUT2D eigenvalue weighted by Gasteiger charge is 2.21. The molecule has 2 heterocycles. The average Bonchev–Trinajstić information content (AvgIpc) is 2.68. The molecule has 7 heteroatoms. The highest BCUT2D eigenvalue weighted by atomic mass is 35.5. The van der Waals surface area contributed by atoms with Gasteiger partial charge in [-0.05, 0) is 67.5 Å². The van der Waals surface area contributed by atoms with Crippen LogP contribution in [0.5, 0.6) is 0 Å². The van der Waals surface area contributed by atoms with Gasteiger partial charge in [-0.3, -0.25) is 4.98 Å². The third kappa shape index (κ3) is 4.49. The van der Waals surface area contributed by atoms with Crippen LogP contribution in [0.25, 0.3) is 10.9 Å². The maximum absolute atomic E-state index is 6.10. The van der Waals surface area contributed by atoms with E-state index in [1.807, 2.05) is 48.7 Å². The van der Waals surface area contributed by atoms with Gasteiger partial charge in [0.25, 0.3) is 0 Å². The lowest BCUT2D eigenvalue weighted by atomic mass is 10.0. The van der Waals surface area contributed by atoms with Crippen LogP contribution in [-0.2, 0) is 0 Å². The summed E-state index contributed by atoms with van der Waals surface area (Å²) in [6, 6.07) is 15.9. The maximum Gasteiger partial charge on any atom is 0.170 e. The molecule has 144 valence electrons. The molecule has 0 spiro atoms. The van der Waals surface area contributed by atoms with Crippen LogP contribution in [0.15, 0.2) is 54.7 Å². The van der Waals surface area contributed by atoms with Crippen LogP contribution in [0.1, 0.15) is 12.8 Å². The van der Waals surface area contributed by atoms with Crippen LogP contribution in [-0.4, -0.2) is 29.2 Å². The van der Waals surface area contributed by atoms with Crippen LogP contribution in [0.2, 0.25) is 10.0 Å². The topological polar surface area (TPSA) is 40.2 Å². The van der Waals surface area contributed by atoms with Gasteiger partial charge >= 0.3 is 0 Å². The van der Waals surface area contributed by atoms with E-state index in [1.54, 1.807) is 0 Å². The van der Waals surface area contributed by atoms with Crippen molar-refractivity contribution in [3.05, 3.63) is 64.8 Å². The van der Waals surface area contributed by atoms with Crippen LogP contribution in [0, 0.1) is 0 Å². The summed E-state index contributed by atoms with van der Waals surface area (Å²) >= 11 is 17.6. The van der Waals surface area contributed by atoms with E-state index >= 15 is 0 Å². The first-order valence-electron chi connectivity index (χ1n) is 9.21. The predicted octanol–water partition coefficient (Wildman–Crippen LogP) is 5.50. The fourth-order valence-electron chi connectivity index (χ4n) is 3.57. The predicted molar refractivity (Wildman–Crippen MR) is 123 cm³/mol. The Bertz CT molecular complexity index is 1000. The molecule has 1 saturated heterocycles. The Labute approximate surface area is 179 Å². The molecule has 1 aliphatic rings. The second-order valence-electron chi connectivity index (χ2n) is 6.86. The van der Waals surface area contributed by atoms with Gasteiger partial charge in [-0.25, -0.2) is 0 Å². The smallest absolute Gasteiger partial charge is 0.170 e. The number of anilines is 2. The second-order valence-corrected chi connectivity index (χ2v) is 8.14. The van der Waals surface area contributed by atoms with Gasteiger partial charge in [0.15, 0.2) is 5.11 Å². The average molecular weight is 431 g/mol. The molecule has 1 aliphatic heterocycles. The van der Waals surface area contributed by atoms with Crippen LogP contribution < -0.4 is 15.5 Å². The number of hydrogen-bond donors (Lipinski definition) is 2. The minimum atomic E-state index is 0.345. The van der Waals surface area contributed by atoms with Crippen LogP contribution in [0.4, 0.5) is 11.4 Å². The summed E-state index contributed by atoms with van der Waals surface area (Å²) in [7, 11) is 0. The number of nitrogens with one attached hydrogen (secondary N) is 2. The number of piperidine rings is 1. The van der Waals surface area contributed by atoms with E-state index in [0.29, 0.717) is 21.2 Å². The lowest BCUT2D eigenvalue weighted by Crippen LogP contribution is -2.46. The standard InChI is InChI=1S/C21H20Cl2N4S/c22-14-2-1-3-17(12-14)26-21(28)25-16-7-10-27(11-8-16)20-6-9-24-19-13-15(23)4-5-18(19)20/h1-6,9,12-13,16H,7-8,10-11H2,(H2,25,26,28). The van der Waals surface area contributed by atoms with Crippen molar-refractivity contribution in [3.63, 3.8) is 0 Å². The van der Waals surface area contributed by atoms with E-state index in [-0.39, 0.29) is 0 Å². The number of hydrogen-bond acceptors (Lipinski definition) is 3. The first-order valence-corrected chi connectivity index (χ1v) is 10.4. The van der Waals surface area contributed by atoms with Crippen molar-refractivity contribution in [2.75, 3.05) is 23.3 Å². The summed E-state index contributed by atoms with van der Waals surface area (Å²) in [4.78, 5) is 6.85. The molecule has 3 aromatic rings. The highest BCUT2D eigenvalue weighted by Crippen LogP contribution is 2.29. The molecule has 0 unspecified atom stereocenters. The molecule has 2 aromatic carbocycles. The Morgan fingerprint density at radius 3 is 2.61 bits per heavy atom. The van der Waals surface area contributed by atoms with Crippen molar-refractivity contribution in [2.24, 2.45) is 0 Å². The van der Waals surface area contributed by atoms with E-state index in [1.165, 1.54) is 5.69 Å². The molecule has 2 N–H and O–H groups in total.